The van der Waals surface area contributed by atoms with E-state index in [1.54, 1.807) is 4.68 Å². The van der Waals surface area contributed by atoms with E-state index in [0.29, 0.717) is 11.4 Å². The van der Waals surface area contributed by atoms with Crippen LogP contribution in [0.1, 0.15) is 23.6 Å². The van der Waals surface area contributed by atoms with E-state index in [0.717, 1.165) is 29.8 Å². The minimum Gasteiger partial charge on any atom is -0.349 e. The van der Waals surface area contributed by atoms with E-state index >= 15 is 0 Å². The first-order valence-corrected chi connectivity index (χ1v) is 9.41. The molecule has 0 aliphatic heterocycles. The molecule has 2 aromatic carbocycles. The first-order chi connectivity index (χ1) is 13.5. The van der Waals surface area contributed by atoms with Gasteiger partial charge in [-0.2, -0.15) is 0 Å². The molecule has 3 aromatic rings. The van der Waals surface area contributed by atoms with Crippen LogP contribution in [0.3, 0.4) is 0 Å². The zero-order valence-electron chi connectivity index (χ0n) is 15.9. The number of carbonyl (C=O) groups excluding carboxylic acids is 1. The summed E-state index contributed by atoms with van der Waals surface area (Å²) in [6.45, 7) is 0.869. The van der Waals surface area contributed by atoms with Crippen molar-refractivity contribution in [1.29, 1.82) is 0 Å². The van der Waals surface area contributed by atoms with Crippen LogP contribution in [0.2, 0.25) is 5.02 Å². The van der Waals surface area contributed by atoms with Gasteiger partial charge in [0.05, 0.1) is 18.2 Å². The smallest absolute Gasteiger partial charge is 0.224 e. The van der Waals surface area contributed by atoms with Gasteiger partial charge in [0.1, 0.15) is 6.33 Å². The molecule has 1 N–H and O–H groups in total. The maximum atomic E-state index is 12.6. The van der Waals surface area contributed by atoms with Crippen LogP contribution in [0, 0.1) is 0 Å². The highest BCUT2D eigenvalue weighted by molar-refractivity contribution is 6.30. The van der Waals surface area contributed by atoms with Gasteiger partial charge in [0, 0.05) is 5.02 Å². The second-order valence-corrected chi connectivity index (χ2v) is 7.30. The molecule has 1 amide bonds. The average Bonchev–Trinajstić information content (AvgIpc) is 3.21. The molecular weight excluding hydrogens is 376 g/mol. The van der Waals surface area contributed by atoms with E-state index in [2.05, 4.69) is 25.7 Å². The lowest BCUT2D eigenvalue weighted by atomic mass is 10.0. The van der Waals surface area contributed by atoms with Crippen molar-refractivity contribution < 1.29 is 4.79 Å². The van der Waals surface area contributed by atoms with Crippen LogP contribution in [0.15, 0.2) is 54.9 Å². The number of tetrazole rings is 1. The molecule has 3 rings (SSSR count). The first-order valence-electron chi connectivity index (χ1n) is 9.03. The Morgan fingerprint density at radius 2 is 1.86 bits per heavy atom. The van der Waals surface area contributed by atoms with E-state index in [1.165, 1.54) is 6.33 Å². The number of rotatable bonds is 8. The average molecular weight is 399 g/mol. The van der Waals surface area contributed by atoms with Crippen LogP contribution in [0.25, 0.3) is 5.69 Å². The highest BCUT2D eigenvalue weighted by Gasteiger charge is 2.15. The van der Waals surface area contributed by atoms with Crippen molar-refractivity contribution in [3.05, 3.63) is 71.0 Å². The maximum absolute atomic E-state index is 12.6. The molecule has 1 atom stereocenters. The van der Waals surface area contributed by atoms with Gasteiger partial charge in [-0.1, -0.05) is 35.9 Å². The Morgan fingerprint density at radius 3 is 2.46 bits per heavy atom. The standard InChI is InChI=1S/C20H23ClN6O/c1-26(2)12-11-19(16-5-7-17(21)8-6-16)23-20(28)13-15-3-9-18(10-4-15)27-14-22-24-25-27/h3-10,14,19H,11-13H2,1-2H3,(H,23,28)/t19-/m0/s1. The Hall–Kier alpha value is -2.77. The SMILES string of the molecule is CN(C)CC[C@H](NC(=O)Cc1ccc(-n2cnnn2)cc1)c1ccc(Cl)cc1. The fraction of sp³-hybridized carbons (Fsp3) is 0.300. The topological polar surface area (TPSA) is 75.9 Å². The summed E-state index contributed by atoms with van der Waals surface area (Å²) in [6.07, 6.45) is 2.66. The van der Waals surface area contributed by atoms with E-state index < -0.39 is 0 Å². The van der Waals surface area contributed by atoms with Crippen molar-refractivity contribution in [3.63, 3.8) is 0 Å². The minimum atomic E-state index is -0.0623. The molecule has 0 fully saturated rings. The van der Waals surface area contributed by atoms with Gasteiger partial charge in [-0.3, -0.25) is 4.79 Å². The van der Waals surface area contributed by atoms with Crippen LogP contribution in [0.5, 0.6) is 0 Å². The minimum absolute atomic E-state index is 0.0196. The van der Waals surface area contributed by atoms with Gasteiger partial charge in [0.15, 0.2) is 0 Å². The zero-order valence-corrected chi connectivity index (χ0v) is 16.7. The third-order valence-corrected chi connectivity index (χ3v) is 4.64. The Balaban J connectivity index is 1.64. The summed E-state index contributed by atoms with van der Waals surface area (Å²) in [5.74, 6) is -0.0196. The van der Waals surface area contributed by atoms with E-state index in [4.69, 9.17) is 11.6 Å². The largest absolute Gasteiger partial charge is 0.349 e. The molecule has 8 heteroatoms. The molecule has 0 radical (unpaired) electrons. The fourth-order valence-electron chi connectivity index (χ4n) is 2.88. The van der Waals surface area contributed by atoms with Crippen molar-refractivity contribution in [2.24, 2.45) is 0 Å². The highest BCUT2D eigenvalue weighted by atomic mass is 35.5. The molecule has 1 heterocycles. The molecule has 0 bridgehead atoms. The Bertz CT molecular complexity index is 878. The summed E-state index contributed by atoms with van der Waals surface area (Å²) in [6, 6.07) is 15.2. The molecule has 0 unspecified atom stereocenters. The van der Waals surface area contributed by atoms with Gasteiger partial charge in [-0.15, -0.1) is 5.10 Å². The van der Waals surface area contributed by atoms with Crippen molar-refractivity contribution in [3.8, 4) is 5.69 Å². The van der Waals surface area contributed by atoms with Gasteiger partial charge >= 0.3 is 0 Å². The summed E-state index contributed by atoms with van der Waals surface area (Å²) < 4.78 is 1.57. The fourth-order valence-corrected chi connectivity index (χ4v) is 3.01. The summed E-state index contributed by atoms with van der Waals surface area (Å²) in [5.41, 5.74) is 2.82. The van der Waals surface area contributed by atoms with Gasteiger partial charge in [0.2, 0.25) is 5.91 Å². The Labute approximate surface area is 169 Å². The van der Waals surface area contributed by atoms with Gasteiger partial charge in [-0.05, 0) is 72.9 Å². The normalized spacial score (nSPS) is 12.1. The van der Waals surface area contributed by atoms with Crippen molar-refractivity contribution >= 4 is 17.5 Å². The van der Waals surface area contributed by atoms with Crippen molar-refractivity contribution in [1.82, 2.24) is 30.4 Å². The molecule has 7 nitrogen and oxygen atoms in total. The second-order valence-electron chi connectivity index (χ2n) is 6.86. The summed E-state index contributed by atoms with van der Waals surface area (Å²) in [4.78, 5) is 14.7. The van der Waals surface area contributed by atoms with Gasteiger partial charge in [0.25, 0.3) is 0 Å². The Kier molecular flexibility index (Phi) is 6.73. The first kappa shape index (κ1) is 20.0. The quantitative estimate of drug-likeness (QED) is 0.631. The molecule has 0 saturated carbocycles. The summed E-state index contributed by atoms with van der Waals surface area (Å²) in [7, 11) is 4.04. The van der Waals surface area contributed by atoms with Crippen molar-refractivity contribution in [2.75, 3.05) is 20.6 Å². The number of nitrogens with zero attached hydrogens (tertiary/aromatic N) is 5. The number of nitrogens with one attached hydrogen (secondary N) is 1. The molecule has 28 heavy (non-hydrogen) atoms. The van der Waals surface area contributed by atoms with E-state index in [9.17, 15) is 4.79 Å². The number of benzene rings is 2. The molecule has 1 aromatic heterocycles. The monoisotopic (exact) mass is 398 g/mol. The number of hydrogen-bond donors (Lipinski definition) is 1. The molecule has 0 aliphatic rings. The van der Waals surface area contributed by atoms with Crippen LogP contribution in [-0.4, -0.2) is 51.7 Å². The third-order valence-electron chi connectivity index (χ3n) is 4.39. The van der Waals surface area contributed by atoms with E-state index in [-0.39, 0.29) is 11.9 Å². The summed E-state index contributed by atoms with van der Waals surface area (Å²) in [5, 5.41) is 14.9. The van der Waals surface area contributed by atoms with Gasteiger partial charge in [-0.25, -0.2) is 4.68 Å². The molecular formula is C20H23ClN6O. The lowest BCUT2D eigenvalue weighted by molar-refractivity contribution is -0.121. The van der Waals surface area contributed by atoms with Crippen molar-refractivity contribution in [2.45, 2.75) is 18.9 Å². The lowest BCUT2D eigenvalue weighted by Gasteiger charge is -2.21. The predicted molar refractivity (Wildman–Crippen MR) is 108 cm³/mol. The van der Waals surface area contributed by atoms with E-state index in [1.807, 2.05) is 62.6 Å². The van der Waals surface area contributed by atoms with Crippen LogP contribution in [0.4, 0.5) is 0 Å². The lowest BCUT2D eigenvalue weighted by Crippen LogP contribution is -2.32. The number of halogens is 1. The number of hydrogen-bond acceptors (Lipinski definition) is 5. The number of carbonyl (C=O) groups is 1. The zero-order chi connectivity index (χ0) is 19.9. The van der Waals surface area contributed by atoms with Crippen LogP contribution >= 0.6 is 11.6 Å². The van der Waals surface area contributed by atoms with Gasteiger partial charge < -0.3 is 10.2 Å². The number of amides is 1. The third kappa shape index (κ3) is 5.61. The van der Waals surface area contributed by atoms with Crippen LogP contribution in [-0.2, 0) is 11.2 Å². The van der Waals surface area contributed by atoms with Crippen LogP contribution < -0.4 is 5.32 Å². The second kappa shape index (κ2) is 9.43. The highest BCUT2D eigenvalue weighted by Crippen LogP contribution is 2.20. The molecule has 146 valence electrons. The Morgan fingerprint density at radius 1 is 1.14 bits per heavy atom. The molecule has 0 aliphatic carbocycles. The number of aromatic nitrogens is 4. The molecule has 0 saturated heterocycles. The molecule has 0 spiro atoms. The maximum Gasteiger partial charge on any atom is 0.224 e. The predicted octanol–water partition coefficient (Wildman–Crippen LogP) is 2.67. The summed E-state index contributed by atoms with van der Waals surface area (Å²) >= 11 is 6.00.